The van der Waals surface area contributed by atoms with Gasteiger partial charge in [-0.25, -0.2) is 4.79 Å². The van der Waals surface area contributed by atoms with Gasteiger partial charge >= 0.3 is 5.97 Å². The first kappa shape index (κ1) is 20.5. The minimum absolute atomic E-state index is 0.146. The van der Waals surface area contributed by atoms with Crippen LogP contribution in [0.15, 0.2) is 11.1 Å². The summed E-state index contributed by atoms with van der Waals surface area (Å²) >= 11 is 0. The summed E-state index contributed by atoms with van der Waals surface area (Å²) in [6, 6.07) is 0. The molecule has 0 aliphatic heterocycles. The van der Waals surface area contributed by atoms with Gasteiger partial charge in [-0.15, -0.1) is 0 Å². The summed E-state index contributed by atoms with van der Waals surface area (Å²) in [6.45, 7) is 8.88. The van der Waals surface area contributed by atoms with E-state index < -0.39 is 5.60 Å². The van der Waals surface area contributed by atoms with Crippen LogP contribution in [0.3, 0.4) is 0 Å². The number of carbonyl (C=O) groups is 1. The number of allylic oxidation sites excluding steroid dienone is 1. The lowest BCUT2D eigenvalue weighted by atomic mass is 9.72. The van der Waals surface area contributed by atoms with Gasteiger partial charge in [0.15, 0.2) is 0 Å². The van der Waals surface area contributed by atoms with Gasteiger partial charge < -0.3 is 9.47 Å². The van der Waals surface area contributed by atoms with Crippen molar-refractivity contribution >= 4 is 5.97 Å². The van der Waals surface area contributed by atoms with Crippen molar-refractivity contribution in [2.45, 2.75) is 97.5 Å². The number of ether oxygens (including phenoxy) is 2. The van der Waals surface area contributed by atoms with Gasteiger partial charge in [0.1, 0.15) is 5.60 Å². The topological polar surface area (TPSA) is 35.5 Å². The molecule has 2 fully saturated rings. The molecule has 2 saturated carbocycles. The Labute approximate surface area is 154 Å². The Hall–Kier alpha value is -0.830. The smallest absolute Gasteiger partial charge is 0.336 e. The van der Waals surface area contributed by atoms with Crippen LogP contribution in [0.4, 0.5) is 0 Å². The molecule has 0 saturated heterocycles. The summed E-state index contributed by atoms with van der Waals surface area (Å²) in [5, 5.41) is 0. The van der Waals surface area contributed by atoms with Crippen molar-refractivity contribution in [1.29, 1.82) is 0 Å². The molecule has 0 unspecified atom stereocenters. The molecule has 2 aliphatic rings. The van der Waals surface area contributed by atoms with Crippen molar-refractivity contribution in [3.05, 3.63) is 11.1 Å². The summed E-state index contributed by atoms with van der Waals surface area (Å²) < 4.78 is 11.5. The quantitative estimate of drug-likeness (QED) is 0.447. The molecule has 3 nitrogen and oxygen atoms in total. The lowest BCUT2D eigenvalue weighted by molar-refractivity contribution is -0.150. The van der Waals surface area contributed by atoms with Gasteiger partial charge in [-0.2, -0.15) is 0 Å². The molecule has 2 aliphatic carbocycles. The Morgan fingerprint density at radius 3 is 1.76 bits per heavy atom. The summed E-state index contributed by atoms with van der Waals surface area (Å²) in [6.07, 6.45) is 12.7. The van der Waals surface area contributed by atoms with Crippen molar-refractivity contribution in [2.75, 3.05) is 13.2 Å². The summed E-state index contributed by atoms with van der Waals surface area (Å²) in [5.74, 6) is 0.965. The molecule has 3 heteroatoms. The van der Waals surface area contributed by atoms with Crippen molar-refractivity contribution in [2.24, 2.45) is 11.8 Å². The van der Waals surface area contributed by atoms with E-state index in [1.54, 1.807) is 0 Å². The molecule has 0 heterocycles. The molecule has 0 atom stereocenters. The second-order valence-electron chi connectivity index (χ2n) is 8.74. The highest BCUT2D eigenvalue weighted by molar-refractivity contribution is 5.90. The van der Waals surface area contributed by atoms with Crippen LogP contribution < -0.4 is 0 Å². The van der Waals surface area contributed by atoms with Gasteiger partial charge in [-0.05, 0) is 65.2 Å². The summed E-state index contributed by atoms with van der Waals surface area (Å²) in [5.41, 5.74) is 1.79. The highest BCUT2D eigenvalue weighted by atomic mass is 16.6. The average molecular weight is 351 g/mol. The highest BCUT2D eigenvalue weighted by Gasteiger charge is 2.32. The molecule has 2 rings (SSSR count). The third-order valence-electron chi connectivity index (χ3n) is 5.53. The van der Waals surface area contributed by atoms with Crippen LogP contribution in [0.5, 0.6) is 0 Å². The Kier molecular flexibility index (Phi) is 7.99. The molecule has 0 spiro atoms. The van der Waals surface area contributed by atoms with Crippen LogP contribution in [0, 0.1) is 11.8 Å². The largest absolute Gasteiger partial charge is 0.457 e. The van der Waals surface area contributed by atoms with Crippen molar-refractivity contribution < 1.29 is 14.3 Å². The first-order valence-electron chi connectivity index (χ1n) is 10.5. The van der Waals surface area contributed by atoms with Gasteiger partial charge in [-0.3, -0.25) is 0 Å². The minimum Gasteiger partial charge on any atom is -0.457 e. The Balaban J connectivity index is 2.36. The SMILES string of the molecule is CCOCC(C(=O)OC(C)(C)C)=C(C1CCCCC1)C1CCCCC1. The summed E-state index contributed by atoms with van der Waals surface area (Å²) in [7, 11) is 0. The first-order valence-corrected chi connectivity index (χ1v) is 10.5. The Morgan fingerprint density at radius 2 is 1.36 bits per heavy atom. The van der Waals surface area contributed by atoms with Crippen LogP contribution in [0.25, 0.3) is 0 Å². The van der Waals surface area contributed by atoms with Crippen LogP contribution in [0.2, 0.25) is 0 Å². The van der Waals surface area contributed by atoms with Gasteiger partial charge in [0.25, 0.3) is 0 Å². The van der Waals surface area contributed by atoms with Crippen LogP contribution in [-0.4, -0.2) is 24.8 Å². The zero-order chi connectivity index (χ0) is 18.3. The second kappa shape index (κ2) is 9.75. The monoisotopic (exact) mass is 350 g/mol. The fourth-order valence-electron chi connectivity index (χ4n) is 4.46. The zero-order valence-corrected chi connectivity index (χ0v) is 16.9. The fraction of sp³-hybridized carbons (Fsp3) is 0.864. The van der Waals surface area contributed by atoms with E-state index in [2.05, 4.69) is 0 Å². The number of esters is 1. The van der Waals surface area contributed by atoms with E-state index >= 15 is 0 Å². The zero-order valence-electron chi connectivity index (χ0n) is 16.9. The molecular weight excluding hydrogens is 312 g/mol. The third kappa shape index (κ3) is 6.44. The standard InChI is InChI=1S/C22H38O3/c1-5-24-16-19(21(23)25-22(2,3)4)20(17-12-8-6-9-13-17)18-14-10-7-11-15-18/h17-18H,5-16H2,1-4H3. The highest BCUT2D eigenvalue weighted by Crippen LogP contribution is 2.41. The predicted octanol–water partition coefficient (Wildman–Crippen LogP) is 5.82. The second-order valence-corrected chi connectivity index (χ2v) is 8.74. The van der Waals surface area contributed by atoms with Crippen LogP contribution in [-0.2, 0) is 14.3 Å². The maximum Gasteiger partial charge on any atom is 0.336 e. The van der Waals surface area contributed by atoms with E-state index in [1.165, 1.54) is 69.8 Å². The molecule has 0 aromatic heterocycles. The maximum absolute atomic E-state index is 13.0. The maximum atomic E-state index is 13.0. The fourth-order valence-corrected chi connectivity index (χ4v) is 4.46. The van der Waals surface area contributed by atoms with E-state index in [1.807, 2.05) is 27.7 Å². The average Bonchev–Trinajstić information content (AvgIpc) is 2.58. The van der Waals surface area contributed by atoms with Crippen LogP contribution >= 0.6 is 0 Å². The molecule has 0 bridgehead atoms. The van der Waals surface area contributed by atoms with E-state index in [0.717, 1.165) is 5.57 Å². The van der Waals surface area contributed by atoms with Crippen molar-refractivity contribution in [3.8, 4) is 0 Å². The Bertz CT molecular complexity index is 426. The number of hydrogen-bond donors (Lipinski definition) is 0. The molecule has 0 amide bonds. The summed E-state index contributed by atoms with van der Waals surface area (Å²) in [4.78, 5) is 13.0. The molecule has 0 aromatic rings. The molecular formula is C22H38O3. The minimum atomic E-state index is -0.460. The number of hydrogen-bond acceptors (Lipinski definition) is 3. The van der Waals surface area contributed by atoms with E-state index in [0.29, 0.717) is 25.0 Å². The number of rotatable bonds is 6. The van der Waals surface area contributed by atoms with Crippen molar-refractivity contribution in [3.63, 3.8) is 0 Å². The van der Waals surface area contributed by atoms with E-state index in [-0.39, 0.29) is 5.97 Å². The van der Waals surface area contributed by atoms with Crippen molar-refractivity contribution in [1.82, 2.24) is 0 Å². The predicted molar refractivity (Wildman–Crippen MR) is 103 cm³/mol. The van der Waals surface area contributed by atoms with Gasteiger partial charge in [0.2, 0.25) is 0 Å². The van der Waals surface area contributed by atoms with Gasteiger partial charge in [0, 0.05) is 6.61 Å². The molecule has 25 heavy (non-hydrogen) atoms. The third-order valence-corrected chi connectivity index (χ3v) is 5.53. The van der Waals surface area contributed by atoms with Gasteiger partial charge in [-0.1, -0.05) is 44.1 Å². The number of carbonyl (C=O) groups excluding carboxylic acids is 1. The lowest BCUT2D eigenvalue weighted by Crippen LogP contribution is -2.30. The molecule has 0 N–H and O–H groups in total. The van der Waals surface area contributed by atoms with E-state index in [9.17, 15) is 4.79 Å². The molecule has 0 aromatic carbocycles. The first-order chi connectivity index (χ1) is 11.9. The van der Waals surface area contributed by atoms with E-state index in [4.69, 9.17) is 9.47 Å². The molecule has 0 radical (unpaired) electrons. The lowest BCUT2D eigenvalue weighted by Gasteiger charge is -2.34. The van der Waals surface area contributed by atoms with Gasteiger partial charge in [0.05, 0.1) is 12.2 Å². The Morgan fingerprint density at radius 1 is 0.880 bits per heavy atom. The normalized spacial score (nSPS) is 20.3. The molecule has 144 valence electrons. The van der Waals surface area contributed by atoms with Crippen LogP contribution in [0.1, 0.15) is 91.9 Å².